The first kappa shape index (κ1) is 23.1. The average Bonchev–Trinajstić information content (AvgIpc) is 2.81. The molecule has 1 fully saturated rings. The lowest BCUT2D eigenvalue weighted by Gasteiger charge is -2.32. The fourth-order valence-electron chi connectivity index (χ4n) is 3.77. The number of rotatable bonds is 7. The lowest BCUT2D eigenvalue weighted by molar-refractivity contribution is -0.131. The Balaban J connectivity index is 1.54. The highest BCUT2D eigenvalue weighted by Crippen LogP contribution is 2.31. The van der Waals surface area contributed by atoms with Crippen LogP contribution in [0.5, 0.6) is 17.2 Å². The minimum atomic E-state index is -0.436. The van der Waals surface area contributed by atoms with E-state index >= 15 is 0 Å². The van der Waals surface area contributed by atoms with E-state index < -0.39 is 5.97 Å². The smallest absolute Gasteiger partial charge is 0.308 e. The van der Waals surface area contributed by atoms with E-state index in [0.29, 0.717) is 48.0 Å². The molecule has 8 nitrogen and oxygen atoms in total. The molecule has 8 heteroatoms. The second-order valence-corrected chi connectivity index (χ2v) is 7.60. The third-order valence-electron chi connectivity index (χ3n) is 5.45. The Morgan fingerprint density at radius 1 is 1.00 bits per heavy atom. The largest absolute Gasteiger partial charge is 0.496 e. The maximum atomic E-state index is 13.1. The molecule has 1 aliphatic rings. The first-order valence-electron chi connectivity index (χ1n) is 10.5. The van der Waals surface area contributed by atoms with Gasteiger partial charge in [0.05, 0.1) is 14.2 Å². The van der Waals surface area contributed by atoms with Crippen LogP contribution >= 0.6 is 0 Å². The summed E-state index contributed by atoms with van der Waals surface area (Å²) in [5.74, 6) is 0.789. The first-order valence-corrected chi connectivity index (χ1v) is 10.5. The molecular weight excluding hydrogens is 412 g/mol. The summed E-state index contributed by atoms with van der Waals surface area (Å²) >= 11 is 0. The topological polar surface area (TPSA) is 94.2 Å². The van der Waals surface area contributed by atoms with Gasteiger partial charge in [-0.05, 0) is 49.1 Å². The van der Waals surface area contributed by atoms with E-state index in [1.165, 1.54) is 21.1 Å². The maximum absolute atomic E-state index is 13.1. The molecule has 1 N–H and O–H groups in total. The molecule has 2 aromatic rings. The summed E-state index contributed by atoms with van der Waals surface area (Å²) in [7, 11) is 3.06. The Morgan fingerprint density at radius 3 is 2.22 bits per heavy atom. The van der Waals surface area contributed by atoms with Crippen molar-refractivity contribution in [2.24, 2.45) is 5.92 Å². The molecule has 0 unspecified atom stereocenters. The molecule has 0 radical (unpaired) electrons. The minimum Gasteiger partial charge on any atom is -0.496 e. The Hall–Kier alpha value is -3.55. The monoisotopic (exact) mass is 440 g/mol. The number of hydrogen-bond acceptors (Lipinski definition) is 6. The van der Waals surface area contributed by atoms with Crippen molar-refractivity contribution in [3.8, 4) is 17.2 Å². The predicted molar refractivity (Wildman–Crippen MR) is 118 cm³/mol. The molecule has 3 rings (SSSR count). The summed E-state index contributed by atoms with van der Waals surface area (Å²) in [6.45, 7) is 3.00. The van der Waals surface area contributed by atoms with Gasteiger partial charge in [0.1, 0.15) is 22.8 Å². The fourth-order valence-corrected chi connectivity index (χ4v) is 3.77. The van der Waals surface area contributed by atoms with Gasteiger partial charge in [0.25, 0.3) is 11.8 Å². The predicted octanol–water partition coefficient (Wildman–Crippen LogP) is 2.91. The zero-order chi connectivity index (χ0) is 23.1. The summed E-state index contributed by atoms with van der Waals surface area (Å²) in [6.07, 6.45) is 1.55. The summed E-state index contributed by atoms with van der Waals surface area (Å²) in [5.41, 5.74) is 0.858. The van der Waals surface area contributed by atoms with Crippen LogP contribution in [0.1, 0.15) is 40.5 Å². The number of amides is 2. The second kappa shape index (κ2) is 10.7. The highest BCUT2D eigenvalue weighted by Gasteiger charge is 2.28. The van der Waals surface area contributed by atoms with E-state index in [-0.39, 0.29) is 17.7 Å². The fraction of sp³-hybridized carbons (Fsp3) is 0.375. The summed E-state index contributed by atoms with van der Waals surface area (Å²) < 4.78 is 15.7. The van der Waals surface area contributed by atoms with Gasteiger partial charge in [-0.25, -0.2) is 0 Å². The van der Waals surface area contributed by atoms with Crippen LogP contribution in [0.3, 0.4) is 0 Å². The van der Waals surface area contributed by atoms with E-state index in [1.807, 2.05) is 0 Å². The molecule has 0 saturated carbocycles. The lowest BCUT2D eigenvalue weighted by Crippen LogP contribution is -2.41. The quantitative estimate of drug-likeness (QED) is 0.526. The van der Waals surface area contributed by atoms with E-state index in [9.17, 15) is 14.4 Å². The van der Waals surface area contributed by atoms with Gasteiger partial charge in [0, 0.05) is 32.1 Å². The molecule has 1 heterocycles. The van der Waals surface area contributed by atoms with Crippen LogP contribution in [0.4, 0.5) is 0 Å². The molecule has 0 spiro atoms. The van der Waals surface area contributed by atoms with Crippen molar-refractivity contribution in [2.75, 3.05) is 33.9 Å². The molecule has 0 bridgehead atoms. The lowest BCUT2D eigenvalue weighted by atomic mass is 9.96. The molecule has 170 valence electrons. The number of piperidine rings is 1. The van der Waals surface area contributed by atoms with Crippen molar-refractivity contribution < 1.29 is 28.6 Å². The third-order valence-corrected chi connectivity index (χ3v) is 5.45. The summed E-state index contributed by atoms with van der Waals surface area (Å²) in [6, 6.07) is 11.8. The Bertz CT molecular complexity index is 960. The van der Waals surface area contributed by atoms with Gasteiger partial charge in [-0.3, -0.25) is 14.4 Å². The number of nitrogens with one attached hydrogen (secondary N) is 1. The van der Waals surface area contributed by atoms with E-state index in [4.69, 9.17) is 14.2 Å². The number of nitrogens with zero attached hydrogens (tertiary/aromatic N) is 1. The van der Waals surface area contributed by atoms with Crippen molar-refractivity contribution in [1.29, 1.82) is 0 Å². The van der Waals surface area contributed by atoms with Crippen molar-refractivity contribution in [3.63, 3.8) is 0 Å². The minimum absolute atomic E-state index is 0.121. The molecule has 32 heavy (non-hydrogen) atoms. The summed E-state index contributed by atoms with van der Waals surface area (Å²) in [4.78, 5) is 38.5. The number of carbonyl (C=O) groups excluding carboxylic acids is 3. The Morgan fingerprint density at radius 2 is 1.62 bits per heavy atom. The standard InChI is InChI=1S/C24H28N2O6/c1-16(27)32-19-7-4-6-18(14-19)23(28)25-15-17-10-12-26(13-11-17)24(29)22-20(30-2)8-5-9-21(22)31-3/h4-9,14,17H,10-13,15H2,1-3H3,(H,25,28). The van der Waals surface area contributed by atoms with Crippen LogP contribution in [0.15, 0.2) is 42.5 Å². The second-order valence-electron chi connectivity index (χ2n) is 7.60. The number of esters is 1. The number of carbonyl (C=O) groups is 3. The van der Waals surface area contributed by atoms with Crippen LogP contribution in [-0.4, -0.2) is 56.5 Å². The maximum Gasteiger partial charge on any atom is 0.308 e. The zero-order valence-electron chi connectivity index (χ0n) is 18.6. The number of methoxy groups -OCH3 is 2. The molecule has 2 amide bonds. The molecule has 0 atom stereocenters. The van der Waals surface area contributed by atoms with Crippen LogP contribution in [0.25, 0.3) is 0 Å². The van der Waals surface area contributed by atoms with Crippen LogP contribution in [0.2, 0.25) is 0 Å². The number of ether oxygens (including phenoxy) is 3. The highest BCUT2D eigenvalue weighted by molar-refractivity contribution is 5.99. The van der Waals surface area contributed by atoms with Crippen molar-refractivity contribution in [1.82, 2.24) is 10.2 Å². The normalized spacial score (nSPS) is 13.9. The van der Waals surface area contributed by atoms with E-state index in [0.717, 1.165) is 12.8 Å². The summed E-state index contributed by atoms with van der Waals surface area (Å²) in [5, 5.41) is 2.94. The molecule has 1 saturated heterocycles. The van der Waals surface area contributed by atoms with Crippen LogP contribution in [-0.2, 0) is 4.79 Å². The number of benzene rings is 2. The molecule has 2 aromatic carbocycles. The van der Waals surface area contributed by atoms with E-state index in [1.54, 1.807) is 47.4 Å². The average molecular weight is 440 g/mol. The SMILES string of the molecule is COc1cccc(OC)c1C(=O)N1CCC(CNC(=O)c2cccc(OC(C)=O)c2)CC1. The molecule has 0 aromatic heterocycles. The van der Waals surface area contributed by atoms with Crippen molar-refractivity contribution in [3.05, 3.63) is 53.6 Å². The Labute approximate surface area is 187 Å². The van der Waals surface area contributed by atoms with Crippen LogP contribution in [0, 0.1) is 5.92 Å². The Kier molecular flexibility index (Phi) is 7.70. The molecule has 1 aliphatic heterocycles. The van der Waals surface area contributed by atoms with Gasteiger partial charge < -0.3 is 24.4 Å². The first-order chi connectivity index (χ1) is 15.4. The van der Waals surface area contributed by atoms with Crippen molar-refractivity contribution in [2.45, 2.75) is 19.8 Å². The van der Waals surface area contributed by atoms with Crippen molar-refractivity contribution >= 4 is 17.8 Å². The molecular formula is C24H28N2O6. The number of hydrogen-bond donors (Lipinski definition) is 1. The van der Waals surface area contributed by atoms with Gasteiger partial charge in [-0.2, -0.15) is 0 Å². The van der Waals surface area contributed by atoms with Crippen LogP contribution < -0.4 is 19.5 Å². The third kappa shape index (κ3) is 5.57. The van der Waals surface area contributed by atoms with Gasteiger partial charge in [-0.15, -0.1) is 0 Å². The van der Waals surface area contributed by atoms with Gasteiger partial charge >= 0.3 is 5.97 Å². The van der Waals surface area contributed by atoms with Gasteiger partial charge in [-0.1, -0.05) is 12.1 Å². The van der Waals surface area contributed by atoms with E-state index in [2.05, 4.69) is 5.32 Å². The highest BCUT2D eigenvalue weighted by atomic mass is 16.5. The van der Waals surface area contributed by atoms with Gasteiger partial charge in [0.15, 0.2) is 0 Å². The van der Waals surface area contributed by atoms with Gasteiger partial charge in [0.2, 0.25) is 0 Å². The molecule has 0 aliphatic carbocycles. The zero-order valence-corrected chi connectivity index (χ0v) is 18.6. The number of likely N-dealkylation sites (tertiary alicyclic amines) is 1.